The smallest absolute Gasteiger partial charge is 0.182 e. The lowest BCUT2D eigenvalue weighted by atomic mass is 10.1. The largest absolute Gasteiger partial charge is 0.491 e. The first-order valence-corrected chi connectivity index (χ1v) is 7.43. The molecule has 110 valence electrons. The monoisotopic (exact) mass is 277 g/mol. The quantitative estimate of drug-likeness (QED) is 0.845. The van der Waals surface area contributed by atoms with Crippen molar-refractivity contribution in [3.05, 3.63) is 11.5 Å². The zero-order chi connectivity index (χ0) is 14.1. The first-order chi connectivity index (χ1) is 9.72. The van der Waals surface area contributed by atoms with Gasteiger partial charge in [-0.2, -0.15) is 0 Å². The van der Waals surface area contributed by atoms with Gasteiger partial charge in [-0.1, -0.05) is 0 Å². The van der Waals surface area contributed by atoms with Crippen LogP contribution < -0.4 is 9.64 Å². The molecule has 0 radical (unpaired) electrons. The van der Waals surface area contributed by atoms with E-state index in [9.17, 15) is 0 Å². The van der Waals surface area contributed by atoms with Gasteiger partial charge in [0.05, 0.1) is 18.9 Å². The van der Waals surface area contributed by atoms with E-state index in [0.717, 1.165) is 49.0 Å². The summed E-state index contributed by atoms with van der Waals surface area (Å²) in [6, 6.07) is 0. The van der Waals surface area contributed by atoms with Crippen LogP contribution in [-0.4, -0.2) is 43.4 Å². The molecule has 0 amide bonds. The Morgan fingerprint density at radius 1 is 1.05 bits per heavy atom. The lowest BCUT2D eigenvalue weighted by Crippen LogP contribution is -2.37. The lowest BCUT2D eigenvalue weighted by Gasteiger charge is -2.33. The fourth-order valence-electron chi connectivity index (χ4n) is 2.85. The van der Waals surface area contributed by atoms with Crippen LogP contribution >= 0.6 is 0 Å². The molecule has 0 aromatic carbocycles. The molecule has 1 aromatic heterocycles. The van der Waals surface area contributed by atoms with Crippen molar-refractivity contribution in [3.63, 3.8) is 0 Å². The third-order valence-electron chi connectivity index (χ3n) is 4.26. The zero-order valence-corrected chi connectivity index (χ0v) is 12.6. The number of hydrogen-bond acceptors (Lipinski definition) is 5. The van der Waals surface area contributed by atoms with Crippen molar-refractivity contribution in [2.75, 3.05) is 32.2 Å². The Morgan fingerprint density at radius 3 is 2.30 bits per heavy atom. The van der Waals surface area contributed by atoms with Crippen molar-refractivity contribution in [1.82, 2.24) is 9.97 Å². The molecule has 20 heavy (non-hydrogen) atoms. The van der Waals surface area contributed by atoms with Crippen molar-refractivity contribution >= 4 is 5.82 Å². The maximum atomic E-state index is 5.54. The van der Waals surface area contributed by atoms with Gasteiger partial charge < -0.3 is 14.4 Å². The number of hydrogen-bond donors (Lipinski definition) is 0. The summed E-state index contributed by atoms with van der Waals surface area (Å²) in [5.41, 5.74) is 0.952. The minimum absolute atomic E-state index is 0.378. The fourth-order valence-corrected chi connectivity index (χ4v) is 2.85. The molecular weight excluding hydrogens is 254 g/mol. The first kappa shape index (κ1) is 13.6. The van der Waals surface area contributed by atoms with E-state index in [1.54, 1.807) is 14.2 Å². The van der Waals surface area contributed by atoms with E-state index in [4.69, 9.17) is 14.5 Å². The molecule has 2 aliphatic rings. The van der Waals surface area contributed by atoms with Crippen molar-refractivity contribution in [2.24, 2.45) is 0 Å². The van der Waals surface area contributed by atoms with Gasteiger partial charge in [0, 0.05) is 26.1 Å². The highest BCUT2D eigenvalue weighted by atomic mass is 16.5. The highest BCUT2D eigenvalue weighted by molar-refractivity contribution is 5.55. The molecule has 5 heteroatoms. The van der Waals surface area contributed by atoms with Crippen LogP contribution in [0.4, 0.5) is 5.82 Å². The standard InChI is InChI=1S/C15H23N3O2/c1-10-13(20-3)15(17-14(16-10)11-4-5-11)18-8-6-12(19-2)7-9-18/h11-12H,4-9H2,1-3H3. The molecule has 3 rings (SSSR count). The summed E-state index contributed by atoms with van der Waals surface area (Å²) in [5, 5.41) is 0. The number of piperidine rings is 1. The molecule has 1 aromatic rings. The molecule has 1 aliphatic carbocycles. The van der Waals surface area contributed by atoms with Crippen molar-refractivity contribution < 1.29 is 9.47 Å². The van der Waals surface area contributed by atoms with Crippen LogP contribution in [0.25, 0.3) is 0 Å². The average Bonchev–Trinajstić information content (AvgIpc) is 3.31. The molecule has 1 saturated heterocycles. The topological polar surface area (TPSA) is 47.5 Å². The van der Waals surface area contributed by atoms with Crippen LogP contribution in [-0.2, 0) is 4.74 Å². The van der Waals surface area contributed by atoms with Gasteiger partial charge in [-0.15, -0.1) is 0 Å². The molecule has 1 saturated carbocycles. The Labute approximate surface area is 120 Å². The van der Waals surface area contributed by atoms with Gasteiger partial charge in [-0.05, 0) is 32.6 Å². The summed E-state index contributed by atoms with van der Waals surface area (Å²) < 4.78 is 11.0. The van der Waals surface area contributed by atoms with Crippen molar-refractivity contribution in [2.45, 2.75) is 44.6 Å². The van der Waals surface area contributed by atoms with E-state index in [2.05, 4.69) is 9.88 Å². The molecule has 5 nitrogen and oxygen atoms in total. The summed E-state index contributed by atoms with van der Waals surface area (Å²) in [4.78, 5) is 11.7. The van der Waals surface area contributed by atoms with Crippen LogP contribution in [0.3, 0.4) is 0 Å². The highest BCUT2D eigenvalue weighted by Crippen LogP contribution is 2.41. The molecule has 0 N–H and O–H groups in total. The average molecular weight is 277 g/mol. The number of aromatic nitrogens is 2. The van der Waals surface area contributed by atoms with Crippen LogP contribution in [0.1, 0.15) is 43.1 Å². The van der Waals surface area contributed by atoms with Gasteiger partial charge in [0.1, 0.15) is 5.82 Å². The number of anilines is 1. The molecule has 0 bridgehead atoms. The van der Waals surface area contributed by atoms with E-state index in [1.807, 2.05) is 6.92 Å². The van der Waals surface area contributed by atoms with E-state index in [1.165, 1.54) is 12.8 Å². The van der Waals surface area contributed by atoms with Gasteiger partial charge in [0.2, 0.25) is 0 Å². The number of methoxy groups -OCH3 is 2. The normalized spacial score (nSPS) is 20.2. The second-order valence-electron chi connectivity index (χ2n) is 5.72. The molecule has 2 fully saturated rings. The molecule has 0 spiro atoms. The van der Waals surface area contributed by atoms with Gasteiger partial charge in [0.15, 0.2) is 11.6 Å². The maximum absolute atomic E-state index is 5.54. The zero-order valence-electron chi connectivity index (χ0n) is 12.6. The molecule has 2 heterocycles. The minimum atomic E-state index is 0.378. The first-order valence-electron chi connectivity index (χ1n) is 7.43. The molecule has 1 aliphatic heterocycles. The molecule has 0 unspecified atom stereocenters. The molecular formula is C15H23N3O2. The Balaban J connectivity index is 1.87. The Kier molecular flexibility index (Phi) is 3.78. The van der Waals surface area contributed by atoms with Gasteiger partial charge >= 0.3 is 0 Å². The third kappa shape index (κ3) is 2.59. The highest BCUT2D eigenvalue weighted by Gasteiger charge is 2.30. The summed E-state index contributed by atoms with van der Waals surface area (Å²) in [6.07, 6.45) is 4.90. The van der Waals surface area contributed by atoms with Crippen molar-refractivity contribution in [3.8, 4) is 5.75 Å². The molecule has 0 atom stereocenters. The summed E-state index contributed by atoms with van der Waals surface area (Å²) >= 11 is 0. The Hall–Kier alpha value is -1.36. The van der Waals surface area contributed by atoms with Gasteiger partial charge in [-0.3, -0.25) is 0 Å². The Morgan fingerprint density at radius 2 is 1.75 bits per heavy atom. The Bertz CT molecular complexity index is 480. The SMILES string of the molecule is COc1c(C)nc(C2CC2)nc1N1CCC(OC)CC1. The van der Waals surface area contributed by atoms with Crippen LogP contribution in [0.15, 0.2) is 0 Å². The van der Waals surface area contributed by atoms with E-state index in [0.29, 0.717) is 12.0 Å². The third-order valence-corrected chi connectivity index (χ3v) is 4.26. The lowest BCUT2D eigenvalue weighted by molar-refractivity contribution is 0.0817. The van der Waals surface area contributed by atoms with Gasteiger partial charge in [0.25, 0.3) is 0 Å². The summed E-state index contributed by atoms with van der Waals surface area (Å²) in [7, 11) is 3.49. The number of aryl methyl sites for hydroxylation is 1. The van der Waals surface area contributed by atoms with E-state index < -0.39 is 0 Å². The number of rotatable bonds is 4. The second kappa shape index (κ2) is 5.56. The number of ether oxygens (including phenoxy) is 2. The van der Waals surface area contributed by atoms with Crippen LogP contribution in [0.5, 0.6) is 5.75 Å². The minimum Gasteiger partial charge on any atom is -0.491 e. The van der Waals surface area contributed by atoms with E-state index >= 15 is 0 Å². The van der Waals surface area contributed by atoms with E-state index in [-0.39, 0.29) is 0 Å². The summed E-state index contributed by atoms with van der Waals surface area (Å²) in [5.74, 6) is 3.35. The second-order valence-corrected chi connectivity index (χ2v) is 5.72. The number of nitrogens with zero attached hydrogens (tertiary/aromatic N) is 3. The van der Waals surface area contributed by atoms with Crippen LogP contribution in [0.2, 0.25) is 0 Å². The summed E-state index contributed by atoms with van der Waals surface area (Å²) in [6.45, 7) is 3.95. The van der Waals surface area contributed by atoms with Crippen LogP contribution in [0, 0.1) is 6.92 Å². The van der Waals surface area contributed by atoms with Crippen molar-refractivity contribution in [1.29, 1.82) is 0 Å². The van der Waals surface area contributed by atoms with Gasteiger partial charge in [-0.25, -0.2) is 9.97 Å². The predicted octanol–water partition coefficient (Wildman–Crippen LogP) is 2.29. The maximum Gasteiger partial charge on any atom is 0.182 e. The predicted molar refractivity (Wildman–Crippen MR) is 77.5 cm³/mol. The fraction of sp³-hybridized carbons (Fsp3) is 0.733.